The van der Waals surface area contributed by atoms with E-state index in [-0.39, 0.29) is 18.2 Å². The summed E-state index contributed by atoms with van der Waals surface area (Å²) in [4.78, 5) is 26.0. The van der Waals surface area contributed by atoms with E-state index < -0.39 is 5.97 Å². The number of carbonyl (C=O) groups excluding carboxylic acids is 1. The van der Waals surface area contributed by atoms with Gasteiger partial charge >= 0.3 is 5.97 Å². The molecule has 1 atom stereocenters. The molecule has 2 rings (SSSR count). The van der Waals surface area contributed by atoms with Gasteiger partial charge in [-0.1, -0.05) is 6.07 Å². The van der Waals surface area contributed by atoms with Gasteiger partial charge in [0, 0.05) is 30.3 Å². The third kappa shape index (κ3) is 4.06. The number of rotatable bonds is 5. The van der Waals surface area contributed by atoms with Crippen LogP contribution in [0.5, 0.6) is 0 Å². The standard InChI is InChI=1S/C14H19NO3S/c16-13(15-6-2-1-3-7-15)9-11(10-14(17)18)12-5-4-8-19-12/h4-5,8,11H,1-3,6-7,9-10H2,(H,17,18). The fourth-order valence-corrected chi connectivity index (χ4v) is 3.32. The third-order valence-corrected chi connectivity index (χ3v) is 4.53. The Morgan fingerprint density at radius 2 is 2.00 bits per heavy atom. The van der Waals surface area contributed by atoms with E-state index in [1.165, 1.54) is 17.8 Å². The van der Waals surface area contributed by atoms with Crippen molar-refractivity contribution in [3.8, 4) is 0 Å². The molecular weight excluding hydrogens is 262 g/mol. The van der Waals surface area contributed by atoms with Crippen LogP contribution in [0.15, 0.2) is 17.5 Å². The smallest absolute Gasteiger partial charge is 0.304 e. The molecule has 0 radical (unpaired) electrons. The molecule has 1 aliphatic heterocycles. The molecule has 104 valence electrons. The van der Waals surface area contributed by atoms with Crippen molar-refractivity contribution in [1.82, 2.24) is 4.90 Å². The Kier molecular flexibility index (Phi) is 4.96. The summed E-state index contributed by atoms with van der Waals surface area (Å²) in [7, 11) is 0. The quantitative estimate of drug-likeness (QED) is 0.902. The van der Waals surface area contributed by atoms with Gasteiger partial charge in [0.25, 0.3) is 0 Å². The predicted octanol–water partition coefficient (Wildman–Crippen LogP) is 2.71. The molecule has 5 heteroatoms. The Hall–Kier alpha value is -1.36. The molecule has 19 heavy (non-hydrogen) atoms. The maximum Gasteiger partial charge on any atom is 0.304 e. The highest BCUT2D eigenvalue weighted by Gasteiger charge is 2.24. The van der Waals surface area contributed by atoms with Crippen LogP contribution in [-0.2, 0) is 9.59 Å². The lowest BCUT2D eigenvalue weighted by atomic mass is 9.98. The largest absolute Gasteiger partial charge is 0.481 e. The molecule has 1 N–H and O–H groups in total. The number of likely N-dealkylation sites (tertiary alicyclic amines) is 1. The number of aliphatic carboxylic acids is 1. The molecule has 0 aliphatic carbocycles. The van der Waals surface area contributed by atoms with Gasteiger partial charge in [0.1, 0.15) is 0 Å². The first-order chi connectivity index (χ1) is 9.16. The van der Waals surface area contributed by atoms with Crippen molar-refractivity contribution >= 4 is 23.2 Å². The molecule has 1 unspecified atom stereocenters. The Morgan fingerprint density at radius 3 is 2.58 bits per heavy atom. The lowest BCUT2D eigenvalue weighted by molar-refractivity contribution is -0.138. The van der Waals surface area contributed by atoms with Crippen molar-refractivity contribution in [2.75, 3.05) is 13.1 Å². The Balaban J connectivity index is 1.99. The lowest BCUT2D eigenvalue weighted by Crippen LogP contribution is -2.36. The molecule has 1 amide bonds. The zero-order valence-electron chi connectivity index (χ0n) is 10.9. The minimum absolute atomic E-state index is 0.0279. The lowest BCUT2D eigenvalue weighted by Gasteiger charge is -2.28. The Morgan fingerprint density at radius 1 is 1.26 bits per heavy atom. The zero-order chi connectivity index (χ0) is 13.7. The number of nitrogens with zero attached hydrogens (tertiary/aromatic N) is 1. The summed E-state index contributed by atoms with van der Waals surface area (Å²) in [5, 5.41) is 10.9. The first-order valence-electron chi connectivity index (χ1n) is 6.70. The SMILES string of the molecule is O=C(O)CC(CC(=O)N1CCCCC1)c1cccs1. The molecule has 1 saturated heterocycles. The van der Waals surface area contributed by atoms with E-state index in [0.717, 1.165) is 30.8 Å². The van der Waals surface area contributed by atoms with E-state index in [2.05, 4.69) is 0 Å². The van der Waals surface area contributed by atoms with E-state index in [0.29, 0.717) is 6.42 Å². The van der Waals surface area contributed by atoms with Gasteiger partial charge in [-0.3, -0.25) is 9.59 Å². The molecular formula is C14H19NO3S. The van der Waals surface area contributed by atoms with Gasteiger partial charge in [-0.2, -0.15) is 0 Å². The van der Waals surface area contributed by atoms with Gasteiger partial charge in [0.05, 0.1) is 6.42 Å². The highest BCUT2D eigenvalue weighted by atomic mass is 32.1. The van der Waals surface area contributed by atoms with Crippen LogP contribution in [-0.4, -0.2) is 35.0 Å². The topological polar surface area (TPSA) is 57.6 Å². The summed E-state index contributed by atoms with van der Waals surface area (Å²) >= 11 is 1.53. The van der Waals surface area contributed by atoms with Gasteiger partial charge in [-0.25, -0.2) is 0 Å². The molecule has 1 aromatic rings. The first-order valence-corrected chi connectivity index (χ1v) is 7.58. The van der Waals surface area contributed by atoms with Crippen LogP contribution in [0.2, 0.25) is 0 Å². The molecule has 1 aromatic heterocycles. The predicted molar refractivity (Wildman–Crippen MR) is 74.4 cm³/mol. The van der Waals surface area contributed by atoms with Crippen LogP contribution in [0.3, 0.4) is 0 Å². The Labute approximate surface area is 117 Å². The van der Waals surface area contributed by atoms with Gasteiger partial charge in [-0.05, 0) is 30.7 Å². The number of amides is 1. The summed E-state index contributed by atoms with van der Waals surface area (Å²) in [6.07, 6.45) is 3.66. The summed E-state index contributed by atoms with van der Waals surface area (Å²) < 4.78 is 0. The normalized spacial score (nSPS) is 17.2. The fourth-order valence-electron chi connectivity index (χ4n) is 2.49. The van der Waals surface area contributed by atoms with Crippen LogP contribution >= 0.6 is 11.3 Å². The molecule has 0 spiro atoms. The Bertz CT molecular complexity index is 424. The van der Waals surface area contributed by atoms with Crippen LogP contribution in [0.1, 0.15) is 42.9 Å². The zero-order valence-corrected chi connectivity index (χ0v) is 11.7. The minimum atomic E-state index is -0.843. The van der Waals surface area contributed by atoms with E-state index in [9.17, 15) is 9.59 Å². The van der Waals surface area contributed by atoms with Crippen molar-refractivity contribution in [3.63, 3.8) is 0 Å². The summed E-state index contributed by atoms with van der Waals surface area (Å²) in [5.74, 6) is -0.934. The summed E-state index contributed by atoms with van der Waals surface area (Å²) in [6, 6.07) is 3.82. The number of piperidine rings is 1. The van der Waals surface area contributed by atoms with Crippen molar-refractivity contribution < 1.29 is 14.7 Å². The number of carbonyl (C=O) groups is 2. The van der Waals surface area contributed by atoms with E-state index >= 15 is 0 Å². The third-order valence-electron chi connectivity index (χ3n) is 3.50. The molecule has 0 saturated carbocycles. The number of thiophene rings is 1. The highest BCUT2D eigenvalue weighted by Crippen LogP contribution is 2.28. The molecule has 1 aliphatic rings. The number of carboxylic acids is 1. The second kappa shape index (κ2) is 6.70. The summed E-state index contributed by atoms with van der Waals surface area (Å²) in [6.45, 7) is 1.64. The second-order valence-corrected chi connectivity index (χ2v) is 5.94. The molecule has 0 bridgehead atoms. The monoisotopic (exact) mass is 281 g/mol. The number of carboxylic acid groups (broad SMARTS) is 1. The molecule has 2 heterocycles. The van der Waals surface area contributed by atoms with Crippen molar-refractivity contribution in [2.45, 2.75) is 38.0 Å². The first kappa shape index (κ1) is 14.1. The number of hydrogen-bond acceptors (Lipinski definition) is 3. The van der Waals surface area contributed by atoms with E-state index in [1.807, 2.05) is 22.4 Å². The van der Waals surface area contributed by atoms with Crippen LogP contribution in [0.25, 0.3) is 0 Å². The van der Waals surface area contributed by atoms with Gasteiger partial charge in [-0.15, -0.1) is 11.3 Å². The van der Waals surface area contributed by atoms with Gasteiger partial charge < -0.3 is 10.0 Å². The summed E-state index contributed by atoms with van der Waals surface area (Å²) in [5.41, 5.74) is 0. The van der Waals surface area contributed by atoms with Gasteiger partial charge in [0.15, 0.2) is 0 Å². The van der Waals surface area contributed by atoms with Crippen LogP contribution < -0.4 is 0 Å². The average Bonchev–Trinajstić information content (AvgIpc) is 2.92. The average molecular weight is 281 g/mol. The van der Waals surface area contributed by atoms with E-state index in [4.69, 9.17) is 5.11 Å². The molecule has 1 fully saturated rings. The second-order valence-electron chi connectivity index (χ2n) is 4.96. The van der Waals surface area contributed by atoms with E-state index in [1.54, 1.807) is 0 Å². The number of hydrogen-bond donors (Lipinski definition) is 1. The van der Waals surface area contributed by atoms with Crippen molar-refractivity contribution in [2.24, 2.45) is 0 Å². The van der Waals surface area contributed by atoms with Crippen LogP contribution in [0, 0.1) is 0 Å². The van der Waals surface area contributed by atoms with Crippen molar-refractivity contribution in [3.05, 3.63) is 22.4 Å². The maximum atomic E-state index is 12.2. The van der Waals surface area contributed by atoms with Crippen molar-refractivity contribution in [1.29, 1.82) is 0 Å². The molecule has 0 aromatic carbocycles. The molecule has 4 nitrogen and oxygen atoms in total. The maximum absolute atomic E-state index is 12.2. The highest BCUT2D eigenvalue weighted by molar-refractivity contribution is 7.10. The van der Waals surface area contributed by atoms with Crippen LogP contribution in [0.4, 0.5) is 0 Å². The minimum Gasteiger partial charge on any atom is -0.481 e. The van der Waals surface area contributed by atoms with Gasteiger partial charge in [0.2, 0.25) is 5.91 Å². The fraction of sp³-hybridized carbons (Fsp3) is 0.571.